The minimum atomic E-state index is -0.417. The largest absolute Gasteiger partial charge is 0.288 e. The molecule has 3 aromatic heterocycles. The minimum absolute atomic E-state index is 0.0755. The highest BCUT2D eigenvalue weighted by Crippen LogP contribution is 2.42. The molecule has 0 N–H and O–H groups in total. The molecule has 0 radical (unpaired) electrons. The number of rotatable bonds is 4. The van der Waals surface area contributed by atoms with Gasteiger partial charge in [0.25, 0.3) is 0 Å². The molecular weight excluding hydrogens is 641 g/mol. The molecule has 9 rings (SSSR count). The average Bonchev–Trinajstić information content (AvgIpc) is 3.95. The van der Waals surface area contributed by atoms with Gasteiger partial charge in [0, 0.05) is 51.5 Å². The van der Waals surface area contributed by atoms with Gasteiger partial charge in [-0.2, -0.15) is 0 Å². The summed E-state index contributed by atoms with van der Waals surface area (Å²) in [6.45, 7) is 0. The van der Waals surface area contributed by atoms with Gasteiger partial charge in [-0.3, -0.25) is 19.2 Å². The van der Waals surface area contributed by atoms with E-state index in [1.165, 1.54) is 34.0 Å². The topological polar surface area (TPSA) is 68.3 Å². The van der Waals surface area contributed by atoms with Gasteiger partial charge in [0.1, 0.15) is 0 Å². The lowest BCUT2D eigenvalue weighted by Crippen LogP contribution is -1.99. The lowest BCUT2D eigenvalue weighted by atomic mass is 10.0. The second-order valence-electron chi connectivity index (χ2n) is 11.3. The molecular formula is C40H20O4S3. The molecule has 2 aliphatic rings. The number of hydrogen-bond donors (Lipinski definition) is 0. The molecule has 47 heavy (non-hydrogen) atoms. The van der Waals surface area contributed by atoms with Crippen molar-refractivity contribution in [1.29, 1.82) is 0 Å². The second kappa shape index (κ2) is 10.6. The van der Waals surface area contributed by atoms with Crippen LogP contribution in [0.3, 0.4) is 0 Å². The van der Waals surface area contributed by atoms with Gasteiger partial charge in [0.2, 0.25) is 0 Å². The highest BCUT2D eigenvalue weighted by molar-refractivity contribution is 7.26. The third kappa shape index (κ3) is 4.54. The number of benzene rings is 4. The van der Waals surface area contributed by atoms with Gasteiger partial charge in [0.05, 0.1) is 13.9 Å². The molecule has 0 atom stereocenters. The van der Waals surface area contributed by atoms with Crippen LogP contribution in [-0.2, 0) is 0 Å². The molecule has 222 valence electrons. The maximum atomic E-state index is 13.3. The van der Waals surface area contributed by atoms with E-state index >= 15 is 0 Å². The fourth-order valence-electron chi connectivity index (χ4n) is 6.13. The van der Waals surface area contributed by atoms with Crippen LogP contribution in [0.15, 0.2) is 120 Å². The van der Waals surface area contributed by atoms with Crippen molar-refractivity contribution in [2.45, 2.75) is 0 Å². The number of fused-ring (bicyclic) bond motifs is 4. The molecule has 4 aromatic carbocycles. The van der Waals surface area contributed by atoms with Crippen LogP contribution in [0.5, 0.6) is 0 Å². The average molecular weight is 663 g/mol. The van der Waals surface area contributed by atoms with E-state index in [0.29, 0.717) is 32.0 Å². The summed E-state index contributed by atoms with van der Waals surface area (Å²) in [5.74, 6) is -1.67. The van der Waals surface area contributed by atoms with Crippen molar-refractivity contribution in [3.8, 4) is 19.5 Å². The van der Waals surface area contributed by atoms with Gasteiger partial charge >= 0.3 is 0 Å². The fourth-order valence-corrected chi connectivity index (χ4v) is 9.14. The lowest BCUT2D eigenvalue weighted by molar-refractivity contribution is 0.0975. The van der Waals surface area contributed by atoms with E-state index in [9.17, 15) is 19.2 Å². The van der Waals surface area contributed by atoms with E-state index < -0.39 is 23.1 Å². The maximum Gasteiger partial charge on any atom is 0.197 e. The van der Waals surface area contributed by atoms with E-state index in [-0.39, 0.29) is 23.3 Å². The molecule has 0 unspecified atom stereocenters. The Labute approximate surface area is 283 Å². The maximum absolute atomic E-state index is 13.3. The summed E-state index contributed by atoms with van der Waals surface area (Å²) in [5, 5.41) is 3.48. The van der Waals surface area contributed by atoms with E-state index in [0.717, 1.165) is 41.1 Å². The summed E-state index contributed by atoms with van der Waals surface area (Å²) >= 11 is 4.23. The monoisotopic (exact) mass is 662 g/mol. The van der Waals surface area contributed by atoms with Crippen molar-refractivity contribution in [2.75, 3.05) is 0 Å². The predicted octanol–water partition coefficient (Wildman–Crippen LogP) is 10.4. The quantitative estimate of drug-likeness (QED) is 0.139. The number of Topliss-reactive ketones (excluding diaryl/α,β-unsaturated/α-hetero) is 4. The third-order valence-corrected chi connectivity index (χ3v) is 11.9. The number of allylic oxidation sites excluding steroid dienone is 2. The number of thiophene rings is 3. The van der Waals surface area contributed by atoms with Gasteiger partial charge in [-0.15, -0.1) is 34.0 Å². The van der Waals surface area contributed by atoms with Crippen molar-refractivity contribution in [2.24, 2.45) is 0 Å². The van der Waals surface area contributed by atoms with Gasteiger partial charge in [-0.05, 0) is 94.3 Å². The van der Waals surface area contributed by atoms with Gasteiger partial charge in [0.15, 0.2) is 23.1 Å². The van der Waals surface area contributed by atoms with E-state index in [2.05, 4.69) is 0 Å². The Bertz CT molecular complexity index is 2420. The molecule has 7 aromatic rings. The molecule has 0 bridgehead atoms. The predicted molar refractivity (Wildman–Crippen MR) is 192 cm³/mol. The van der Waals surface area contributed by atoms with Crippen LogP contribution < -0.4 is 0 Å². The second-order valence-corrected chi connectivity index (χ2v) is 14.5. The Morgan fingerprint density at radius 1 is 0.404 bits per heavy atom. The van der Waals surface area contributed by atoms with Crippen molar-refractivity contribution in [3.05, 3.63) is 152 Å². The zero-order chi connectivity index (χ0) is 33.6. The van der Waals surface area contributed by atoms with E-state index in [1.54, 1.807) is 36.4 Å². The summed E-state index contributed by atoms with van der Waals surface area (Å²) in [7, 11) is 0. The van der Waals surface area contributed by atoms with Crippen LogP contribution in [-0.4, -0.2) is 23.1 Å². The number of ketones is 4. The van der Waals surface area contributed by atoms with Crippen LogP contribution in [0.25, 0.3) is 53.2 Å². The number of carbonyl (C=O) groups excluding carboxylic acids is 4. The van der Waals surface area contributed by atoms with Crippen LogP contribution in [0.2, 0.25) is 0 Å². The molecule has 7 heteroatoms. The number of hydrogen-bond acceptors (Lipinski definition) is 7. The number of carbonyl (C=O) groups is 4. The highest BCUT2D eigenvalue weighted by atomic mass is 32.1. The molecule has 4 nitrogen and oxygen atoms in total. The highest BCUT2D eigenvalue weighted by Gasteiger charge is 2.34. The van der Waals surface area contributed by atoms with Gasteiger partial charge in [-0.1, -0.05) is 48.5 Å². The first-order valence-corrected chi connectivity index (χ1v) is 17.2. The van der Waals surface area contributed by atoms with Crippen molar-refractivity contribution in [1.82, 2.24) is 0 Å². The first-order chi connectivity index (χ1) is 23.8. The van der Waals surface area contributed by atoms with Crippen LogP contribution in [0.1, 0.15) is 53.9 Å². The Balaban J connectivity index is 0.991. The van der Waals surface area contributed by atoms with E-state index in [4.69, 9.17) is 2.74 Å². The Morgan fingerprint density at radius 3 is 1.04 bits per heavy atom. The first kappa shape index (κ1) is 25.8. The molecule has 0 amide bonds. The molecule has 2 aliphatic carbocycles. The molecule has 0 aliphatic heterocycles. The molecule has 0 saturated carbocycles. The first-order valence-electron chi connectivity index (χ1n) is 15.7. The van der Waals surface area contributed by atoms with Crippen molar-refractivity contribution < 1.29 is 21.9 Å². The SMILES string of the molecule is [2H]C(=C1C(=O)c2cc3ccccc3cc2C1=O)c1ccc(-c2ccc(-c3ccc(C([2H])=C4C(=O)c5cc6ccccc6cc5C4=O)s3)s2)s1. The Kier molecular flexibility index (Phi) is 5.82. The summed E-state index contributed by atoms with van der Waals surface area (Å²) in [4.78, 5) is 58.1. The molecule has 0 fully saturated rings. The summed E-state index contributed by atoms with van der Waals surface area (Å²) in [6, 6.07) is 33.2. The van der Waals surface area contributed by atoms with E-state index in [1.807, 2.05) is 72.8 Å². The minimum Gasteiger partial charge on any atom is -0.288 e. The molecule has 0 spiro atoms. The fraction of sp³-hybridized carbons (Fsp3) is 0. The van der Waals surface area contributed by atoms with Gasteiger partial charge < -0.3 is 0 Å². The zero-order valence-corrected chi connectivity index (χ0v) is 26.7. The van der Waals surface area contributed by atoms with Crippen LogP contribution in [0, 0.1) is 0 Å². The van der Waals surface area contributed by atoms with Crippen LogP contribution >= 0.6 is 34.0 Å². The Morgan fingerprint density at radius 2 is 0.702 bits per heavy atom. The smallest absolute Gasteiger partial charge is 0.197 e. The standard InChI is InChI=1S/C40H20O4S3/c41-37-27-15-21-5-1-2-6-22(21)16-28(27)38(42)31(37)19-25-9-11-33(45-25)35-13-14-36(47-35)34-12-10-26(46-34)20-32-39(43)29-17-23-7-3-4-8-24(23)18-30(29)40(32)44/h1-20H/i19D,20D. The zero-order valence-electron chi connectivity index (χ0n) is 26.3. The van der Waals surface area contributed by atoms with Crippen molar-refractivity contribution >= 4 is 90.8 Å². The summed E-state index contributed by atoms with van der Waals surface area (Å²) in [6.07, 6.45) is 0. The lowest BCUT2D eigenvalue weighted by Gasteiger charge is -2.00. The Hall–Kier alpha value is -5.34. The summed E-state index contributed by atoms with van der Waals surface area (Å²) in [5.41, 5.74) is 1.14. The molecule has 3 heterocycles. The summed E-state index contributed by atoms with van der Waals surface area (Å²) < 4.78 is 17.7. The third-order valence-electron chi connectivity index (χ3n) is 8.46. The van der Waals surface area contributed by atoms with Crippen molar-refractivity contribution in [3.63, 3.8) is 0 Å². The normalized spacial score (nSPS) is 14.6. The van der Waals surface area contributed by atoms with Gasteiger partial charge in [-0.25, -0.2) is 0 Å². The van der Waals surface area contributed by atoms with Crippen LogP contribution in [0.4, 0.5) is 0 Å². The molecule has 0 saturated heterocycles.